The van der Waals surface area contributed by atoms with E-state index in [2.05, 4.69) is 43.0 Å². The lowest BCUT2D eigenvalue weighted by Crippen LogP contribution is -1.92. The fourth-order valence-electron chi connectivity index (χ4n) is 3.71. The predicted molar refractivity (Wildman–Crippen MR) is 125 cm³/mol. The zero-order valence-corrected chi connectivity index (χ0v) is 17.9. The summed E-state index contributed by atoms with van der Waals surface area (Å²) in [6, 6.07) is 21.9. The number of benzene rings is 4. The molecule has 0 saturated carbocycles. The summed E-state index contributed by atoms with van der Waals surface area (Å²) in [6.07, 6.45) is 4.79. The molecule has 0 aromatic heterocycles. The second-order valence-corrected chi connectivity index (χ2v) is 7.90. The summed E-state index contributed by atoms with van der Waals surface area (Å²) in [6.45, 7) is 2.21. The highest BCUT2D eigenvalue weighted by molar-refractivity contribution is 5.88. The van der Waals surface area contributed by atoms with Gasteiger partial charge in [-0.3, -0.25) is 0 Å². The molecule has 0 spiro atoms. The molecule has 0 N–H and O–H groups in total. The fourth-order valence-corrected chi connectivity index (χ4v) is 3.71. The van der Waals surface area contributed by atoms with E-state index >= 15 is 0 Å². The van der Waals surface area contributed by atoms with Gasteiger partial charge in [-0.1, -0.05) is 68.0 Å². The average Bonchev–Trinajstić information content (AvgIpc) is 2.82. The molecule has 0 atom stereocenters. The first-order valence-electron chi connectivity index (χ1n) is 10.8. The normalized spacial score (nSPS) is 10.8. The molecular formula is C29H23F3. The third kappa shape index (κ3) is 4.86. The van der Waals surface area contributed by atoms with Gasteiger partial charge in [0, 0.05) is 16.5 Å². The average molecular weight is 428 g/mol. The van der Waals surface area contributed by atoms with Crippen molar-refractivity contribution in [3.05, 3.63) is 107 Å². The van der Waals surface area contributed by atoms with E-state index in [-0.39, 0.29) is 5.39 Å². The number of unbranched alkanes of at least 4 members (excludes halogenated alkanes) is 2. The number of fused-ring (bicyclic) bond motifs is 1. The second kappa shape index (κ2) is 9.75. The molecule has 160 valence electrons. The molecule has 4 aromatic carbocycles. The zero-order valence-electron chi connectivity index (χ0n) is 17.9. The van der Waals surface area contributed by atoms with Gasteiger partial charge in [0.2, 0.25) is 0 Å². The monoisotopic (exact) mass is 428 g/mol. The maximum absolute atomic E-state index is 13.9. The number of halogens is 3. The maximum Gasteiger partial charge on any atom is 0.195 e. The smallest absolute Gasteiger partial charge is 0.195 e. The third-order valence-electron chi connectivity index (χ3n) is 5.56. The van der Waals surface area contributed by atoms with E-state index in [1.807, 2.05) is 24.3 Å². The van der Waals surface area contributed by atoms with Crippen molar-refractivity contribution < 1.29 is 13.2 Å². The molecule has 0 aliphatic carbocycles. The number of hydrogen-bond donors (Lipinski definition) is 0. The molecule has 32 heavy (non-hydrogen) atoms. The van der Waals surface area contributed by atoms with Crippen LogP contribution in [-0.2, 0) is 6.42 Å². The van der Waals surface area contributed by atoms with Gasteiger partial charge in [-0.15, -0.1) is 0 Å². The Kier molecular flexibility index (Phi) is 6.61. The summed E-state index contributed by atoms with van der Waals surface area (Å²) in [7, 11) is 0. The molecule has 0 fully saturated rings. The van der Waals surface area contributed by atoms with Crippen molar-refractivity contribution in [1.29, 1.82) is 0 Å². The summed E-state index contributed by atoms with van der Waals surface area (Å²) in [5.41, 5.74) is 4.87. The van der Waals surface area contributed by atoms with Crippen LogP contribution in [0.5, 0.6) is 0 Å². The minimum atomic E-state index is -1.45. The molecule has 4 rings (SSSR count). The first-order valence-corrected chi connectivity index (χ1v) is 10.8. The summed E-state index contributed by atoms with van der Waals surface area (Å²) >= 11 is 0. The van der Waals surface area contributed by atoms with E-state index in [9.17, 15) is 13.2 Å². The van der Waals surface area contributed by atoms with Crippen LogP contribution in [0.4, 0.5) is 13.2 Å². The van der Waals surface area contributed by atoms with Crippen molar-refractivity contribution in [2.24, 2.45) is 0 Å². The lowest BCUT2D eigenvalue weighted by atomic mass is 10.00. The van der Waals surface area contributed by atoms with Crippen LogP contribution < -0.4 is 0 Å². The molecule has 0 aliphatic rings. The lowest BCUT2D eigenvalue weighted by molar-refractivity contribution is 0.453. The Morgan fingerprint density at radius 2 is 1.28 bits per heavy atom. The minimum Gasteiger partial charge on any atom is -0.204 e. The quantitative estimate of drug-likeness (QED) is 0.171. The molecule has 0 heterocycles. The number of aryl methyl sites for hydroxylation is 1. The lowest BCUT2D eigenvalue weighted by Gasteiger charge is -2.06. The van der Waals surface area contributed by atoms with Crippen molar-refractivity contribution in [3.8, 4) is 23.0 Å². The largest absolute Gasteiger partial charge is 0.204 e. The van der Waals surface area contributed by atoms with Gasteiger partial charge in [-0.25, -0.2) is 13.2 Å². The topological polar surface area (TPSA) is 0 Å². The summed E-state index contributed by atoms with van der Waals surface area (Å²) in [5, 5.41) is 0.382. The van der Waals surface area contributed by atoms with Gasteiger partial charge in [0.15, 0.2) is 17.5 Å². The number of hydrogen-bond acceptors (Lipinski definition) is 0. The Hall–Kier alpha value is -3.51. The highest BCUT2D eigenvalue weighted by Gasteiger charge is 2.13. The van der Waals surface area contributed by atoms with Crippen LogP contribution in [0.25, 0.3) is 21.9 Å². The van der Waals surface area contributed by atoms with Crippen LogP contribution in [0, 0.1) is 29.3 Å². The Morgan fingerprint density at radius 1 is 0.656 bits per heavy atom. The highest BCUT2D eigenvalue weighted by atomic mass is 19.2. The predicted octanol–water partition coefficient (Wildman–Crippen LogP) is 8.06. The SMILES string of the molecule is CCCCCc1ccc(C#Cc2ccc(-c3ccc4c(F)c(F)c(F)cc4c3)cc2)cc1. The summed E-state index contributed by atoms with van der Waals surface area (Å²) in [4.78, 5) is 0. The standard InChI is InChI=1S/C29H23F3/c1-2-3-4-5-20-6-8-21(9-7-20)10-11-22-12-14-23(15-13-22)24-16-17-26-25(18-24)19-27(30)29(32)28(26)31/h6-9,12-19H,2-5H2,1H3. The van der Waals surface area contributed by atoms with Crippen LogP contribution >= 0.6 is 0 Å². The minimum absolute atomic E-state index is 0.0616. The van der Waals surface area contributed by atoms with Gasteiger partial charge in [-0.2, -0.15) is 0 Å². The zero-order chi connectivity index (χ0) is 22.5. The van der Waals surface area contributed by atoms with Crippen molar-refractivity contribution in [2.45, 2.75) is 32.6 Å². The molecule has 4 aromatic rings. The molecular weight excluding hydrogens is 405 g/mol. The van der Waals surface area contributed by atoms with E-state index in [0.717, 1.165) is 34.7 Å². The maximum atomic E-state index is 13.9. The van der Waals surface area contributed by atoms with Gasteiger partial charge < -0.3 is 0 Å². The van der Waals surface area contributed by atoms with E-state index in [4.69, 9.17) is 0 Å². The Labute approximate surface area is 186 Å². The molecule has 0 unspecified atom stereocenters. The molecule has 0 radical (unpaired) electrons. The van der Waals surface area contributed by atoms with Crippen LogP contribution in [-0.4, -0.2) is 0 Å². The Balaban J connectivity index is 1.50. The second-order valence-electron chi connectivity index (χ2n) is 7.90. The molecule has 0 bridgehead atoms. The van der Waals surface area contributed by atoms with Crippen LogP contribution in [0.15, 0.2) is 72.8 Å². The van der Waals surface area contributed by atoms with E-state index in [1.54, 1.807) is 12.1 Å². The first-order chi connectivity index (χ1) is 15.5. The summed E-state index contributed by atoms with van der Waals surface area (Å²) in [5.74, 6) is 2.56. The molecule has 0 amide bonds. The van der Waals surface area contributed by atoms with Gasteiger partial charge in [0.25, 0.3) is 0 Å². The van der Waals surface area contributed by atoms with Gasteiger partial charge in [0.05, 0.1) is 0 Å². The van der Waals surface area contributed by atoms with Crippen LogP contribution in [0.1, 0.15) is 42.9 Å². The molecule has 0 aliphatic heterocycles. The van der Waals surface area contributed by atoms with Crippen LogP contribution in [0.2, 0.25) is 0 Å². The van der Waals surface area contributed by atoms with E-state index in [1.165, 1.54) is 30.9 Å². The van der Waals surface area contributed by atoms with Gasteiger partial charge in [0.1, 0.15) is 0 Å². The van der Waals surface area contributed by atoms with Crippen molar-refractivity contribution in [1.82, 2.24) is 0 Å². The third-order valence-corrected chi connectivity index (χ3v) is 5.56. The van der Waals surface area contributed by atoms with Gasteiger partial charge >= 0.3 is 0 Å². The van der Waals surface area contributed by atoms with Crippen molar-refractivity contribution in [2.75, 3.05) is 0 Å². The molecule has 0 nitrogen and oxygen atoms in total. The van der Waals surface area contributed by atoms with Gasteiger partial charge in [-0.05, 0) is 71.3 Å². The van der Waals surface area contributed by atoms with E-state index in [0.29, 0.717) is 5.39 Å². The summed E-state index contributed by atoms with van der Waals surface area (Å²) < 4.78 is 41.0. The van der Waals surface area contributed by atoms with E-state index < -0.39 is 17.5 Å². The van der Waals surface area contributed by atoms with Crippen LogP contribution in [0.3, 0.4) is 0 Å². The number of rotatable bonds is 5. The van der Waals surface area contributed by atoms with Crippen molar-refractivity contribution >= 4 is 10.8 Å². The molecule has 0 saturated heterocycles. The molecule has 3 heteroatoms. The Bertz CT molecular complexity index is 1290. The first kappa shape index (κ1) is 21.7. The fraction of sp³-hybridized carbons (Fsp3) is 0.172. The Morgan fingerprint density at radius 3 is 1.94 bits per heavy atom. The highest BCUT2D eigenvalue weighted by Crippen LogP contribution is 2.28. The van der Waals surface area contributed by atoms with Crippen molar-refractivity contribution in [3.63, 3.8) is 0 Å².